The van der Waals surface area contributed by atoms with Gasteiger partial charge in [0.15, 0.2) is 0 Å². The van der Waals surface area contributed by atoms with E-state index in [1.165, 1.54) is 0 Å². The minimum atomic E-state index is -1.21. The van der Waals surface area contributed by atoms with Crippen LogP contribution in [0.15, 0.2) is 84.9 Å². The smallest absolute Gasteiger partial charge is 0.408 e. The highest BCUT2D eigenvalue weighted by molar-refractivity contribution is 5.91. The van der Waals surface area contributed by atoms with E-state index in [0.717, 1.165) is 16.7 Å². The number of benzene rings is 3. The van der Waals surface area contributed by atoms with Crippen LogP contribution >= 0.6 is 0 Å². The van der Waals surface area contributed by atoms with Gasteiger partial charge in [-0.2, -0.15) is 0 Å². The van der Waals surface area contributed by atoms with Gasteiger partial charge in [-0.3, -0.25) is 14.4 Å². The molecule has 0 aromatic heterocycles. The predicted octanol–water partition coefficient (Wildman–Crippen LogP) is 2.75. The Morgan fingerprint density at radius 3 is 1.80 bits per heavy atom. The maximum atomic E-state index is 13.1. The third-order valence-corrected chi connectivity index (χ3v) is 6.39. The van der Waals surface area contributed by atoms with Gasteiger partial charge in [0.1, 0.15) is 30.0 Å². The highest BCUT2D eigenvalue weighted by atomic mass is 16.5. The molecule has 0 aliphatic carbocycles. The SMILES string of the molecule is CC(C)(C)Oc1ccc(C[C@H](NC(=O)OCc2ccccc2)C(=O)NCC(=O)NCC(=O)N[C@@H](Cc2ccccc2)C(=O)O)cc1. The van der Waals surface area contributed by atoms with E-state index in [2.05, 4.69) is 21.3 Å². The molecule has 0 saturated heterocycles. The Bertz CT molecular complexity index is 1460. The van der Waals surface area contributed by atoms with Crippen LogP contribution in [0, 0.1) is 0 Å². The van der Waals surface area contributed by atoms with E-state index in [9.17, 15) is 29.1 Å². The number of aliphatic carboxylic acids is 1. The molecule has 12 heteroatoms. The molecule has 0 fully saturated rings. The standard InChI is InChI=1S/C34H40N4O8/c1-34(2,3)46-26-16-14-24(15-17-26)18-27(38-33(44)45-22-25-12-8-5-9-13-25)31(41)36-20-29(39)35-21-30(40)37-28(32(42)43)19-23-10-6-4-7-11-23/h4-17,27-28H,18-22H2,1-3H3,(H,35,39)(H,36,41)(H,37,40)(H,38,44)(H,42,43)/t27-,28-/m0/s1. The van der Waals surface area contributed by atoms with E-state index in [-0.39, 0.29) is 19.4 Å². The van der Waals surface area contributed by atoms with Crippen molar-refractivity contribution in [2.45, 2.75) is 57.9 Å². The van der Waals surface area contributed by atoms with Crippen LogP contribution in [0.25, 0.3) is 0 Å². The lowest BCUT2D eigenvalue weighted by Gasteiger charge is -2.22. The predicted molar refractivity (Wildman–Crippen MR) is 170 cm³/mol. The highest BCUT2D eigenvalue weighted by Crippen LogP contribution is 2.19. The van der Waals surface area contributed by atoms with Crippen LogP contribution in [-0.2, 0) is 43.4 Å². The van der Waals surface area contributed by atoms with Crippen molar-refractivity contribution >= 4 is 29.8 Å². The monoisotopic (exact) mass is 632 g/mol. The summed E-state index contributed by atoms with van der Waals surface area (Å²) in [5.74, 6) is -2.62. The summed E-state index contributed by atoms with van der Waals surface area (Å²) in [5.41, 5.74) is 1.82. The first-order valence-electron chi connectivity index (χ1n) is 14.7. The van der Waals surface area contributed by atoms with E-state index >= 15 is 0 Å². The van der Waals surface area contributed by atoms with E-state index in [4.69, 9.17) is 9.47 Å². The fourth-order valence-electron chi connectivity index (χ4n) is 4.23. The molecular weight excluding hydrogens is 592 g/mol. The van der Waals surface area contributed by atoms with Gasteiger partial charge in [-0.25, -0.2) is 9.59 Å². The molecule has 244 valence electrons. The van der Waals surface area contributed by atoms with Crippen molar-refractivity contribution in [2.75, 3.05) is 13.1 Å². The summed E-state index contributed by atoms with van der Waals surface area (Å²) >= 11 is 0. The molecule has 0 aliphatic rings. The molecule has 5 N–H and O–H groups in total. The number of carboxylic acid groups (broad SMARTS) is 1. The summed E-state index contributed by atoms with van der Waals surface area (Å²) in [6.07, 6.45) is -0.661. The van der Waals surface area contributed by atoms with Gasteiger partial charge in [-0.15, -0.1) is 0 Å². The number of amides is 4. The molecule has 2 atom stereocenters. The average molecular weight is 633 g/mol. The fourth-order valence-corrected chi connectivity index (χ4v) is 4.23. The van der Waals surface area contributed by atoms with Crippen LogP contribution in [0.3, 0.4) is 0 Å². The second kappa shape index (κ2) is 17.2. The van der Waals surface area contributed by atoms with Crippen LogP contribution in [0.5, 0.6) is 5.75 Å². The summed E-state index contributed by atoms with van der Waals surface area (Å²) in [6, 6.07) is 22.6. The minimum Gasteiger partial charge on any atom is -0.488 e. The zero-order valence-corrected chi connectivity index (χ0v) is 26.1. The lowest BCUT2D eigenvalue weighted by molar-refractivity contribution is -0.141. The van der Waals surface area contributed by atoms with E-state index in [1.54, 1.807) is 66.7 Å². The third kappa shape index (κ3) is 13.1. The van der Waals surface area contributed by atoms with Crippen LogP contribution in [0.4, 0.5) is 4.79 Å². The number of hydrogen-bond acceptors (Lipinski definition) is 7. The van der Waals surface area contributed by atoms with Gasteiger partial charge in [0.2, 0.25) is 17.7 Å². The van der Waals surface area contributed by atoms with Gasteiger partial charge < -0.3 is 35.8 Å². The molecule has 46 heavy (non-hydrogen) atoms. The summed E-state index contributed by atoms with van der Waals surface area (Å²) in [6.45, 7) is 4.78. The van der Waals surface area contributed by atoms with Crippen LogP contribution in [0.1, 0.15) is 37.5 Å². The van der Waals surface area contributed by atoms with E-state index in [0.29, 0.717) is 5.75 Å². The van der Waals surface area contributed by atoms with Crippen molar-refractivity contribution in [1.82, 2.24) is 21.3 Å². The first-order chi connectivity index (χ1) is 21.9. The highest BCUT2D eigenvalue weighted by Gasteiger charge is 2.24. The first-order valence-corrected chi connectivity index (χ1v) is 14.7. The molecule has 0 spiro atoms. The molecule has 12 nitrogen and oxygen atoms in total. The molecule has 4 amide bonds. The van der Waals surface area contributed by atoms with Crippen molar-refractivity contribution in [3.8, 4) is 5.75 Å². The van der Waals surface area contributed by atoms with Gasteiger partial charge in [-0.05, 0) is 49.6 Å². The Balaban J connectivity index is 1.55. The molecule has 0 radical (unpaired) electrons. The van der Waals surface area contributed by atoms with E-state index < -0.39 is 60.6 Å². The number of carbonyl (C=O) groups is 5. The second-order valence-electron chi connectivity index (χ2n) is 11.5. The largest absolute Gasteiger partial charge is 0.488 e. The van der Waals surface area contributed by atoms with Crippen molar-refractivity contribution in [1.29, 1.82) is 0 Å². The Hall–Kier alpha value is -5.39. The molecule has 3 aromatic rings. The van der Waals surface area contributed by atoms with Crippen LogP contribution in [0.2, 0.25) is 0 Å². The first kappa shape index (κ1) is 35.1. The Morgan fingerprint density at radius 2 is 1.22 bits per heavy atom. The van der Waals surface area contributed by atoms with Crippen molar-refractivity contribution in [3.05, 3.63) is 102 Å². The number of alkyl carbamates (subject to hydrolysis) is 1. The Labute approximate surface area is 267 Å². The summed E-state index contributed by atoms with van der Waals surface area (Å²) < 4.78 is 11.1. The van der Waals surface area contributed by atoms with Gasteiger partial charge in [-0.1, -0.05) is 72.8 Å². The molecule has 0 unspecified atom stereocenters. The number of ether oxygens (including phenoxy) is 2. The van der Waals surface area contributed by atoms with Crippen molar-refractivity contribution in [2.24, 2.45) is 0 Å². The number of nitrogens with one attached hydrogen (secondary N) is 4. The zero-order chi connectivity index (χ0) is 33.5. The number of carboxylic acids is 1. The van der Waals surface area contributed by atoms with Crippen molar-refractivity contribution < 1.29 is 38.6 Å². The number of rotatable bonds is 15. The molecule has 0 aliphatic heterocycles. The summed E-state index contributed by atoms with van der Waals surface area (Å²) in [4.78, 5) is 62.1. The maximum Gasteiger partial charge on any atom is 0.408 e. The second-order valence-corrected chi connectivity index (χ2v) is 11.5. The molecule has 0 heterocycles. The average Bonchev–Trinajstić information content (AvgIpc) is 3.02. The quantitative estimate of drug-likeness (QED) is 0.170. The van der Waals surface area contributed by atoms with Crippen molar-refractivity contribution in [3.63, 3.8) is 0 Å². The molecule has 0 bridgehead atoms. The normalized spacial score (nSPS) is 12.2. The molecule has 3 aromatic carbocycles. The lowest BCUT2D eigenvalue weighted by atomic mass is 10.0. The summed E-state index contributed by atoms with van der Waals surface area (Å²) in [5, 5.41) is 19.2. The van der Waals surface area contributed by atoms with E-state index in [1.807, 2.05) is 39.0 Å². The minimum absolute atomic E-state index is 0.00158. The van der Waals surface area contributed by atoms with Gasteiger partial charge in [0.25, 0.3) is 0 Å². The van der Waals surface area contributed by atoms with Gasteiger partial charge in [0, 0.05) is 12.8 Å². The lowest BCUT2D eigenvalue weighted by Crippen LogP contribution is -2.51. The number of carbonyl (C=O) groups excluding carboxylic acids is 4. The molecule has 0 saturated carbocycles. The van der Waals surface area contributed by atoms with Gasteiger partial charge >= 0.3 is 12.1 Å². The molecule has 3 rings (SSSR count). The zero-order valence-electron chi connectivity index (χ0n) is 26.1. The van der Waals surface area contributed by atoms with Gasteiger partial charge in [0.05, 0.1) is 13.1 Å². The third-order valence-electron chi connectivity index (χ3n) is 6.39. The summed E-state index contributed by atoms with van der Waals surface area (Å²) in [7, 11) is 0. The fraction of sp³-hybridized carbons (Fsp3) is 0.324. The number of hydrogen-bond donors (Lipinski definition) is 5. The van der Waals surface area contributed by atoms with Crippen LogP contribution in [-0.4, -0.2) is 65.7 Å². The topological polar surface area (TPSA) is 172 Å². The Morgan fingerprint density at radius 1 is 0.674 bits per heavy atom. The Kier molecular flexibility index (Phi) is 13.1. The maximum absolute atomic E-state index is 13.1. The molecular formula is C34H40N4O8. The van der Waals surface area contributed by atoms with Crippen LogP contribution < -0.4 is 26.0 Å².